The summed E-state index contributed by atoms with van der Waals surface area (Å²) in [6, 6.07) is 2.01. The van der Waals surface area contributed by atoms with Gasteiger partial charge in [0.05, 0.1) is 18.1 Å². The maximum atomic E-state index is 13.1. The van der Waals surface area contributed by atoms with Crippen LogP contribution in [0.2, 0.25) is 0 Å². The van der Waals surface area contributed by atoms with Crippen molar-refractivity contribution >= 4 is 5.97 Å². The van der Waals surface area contributed by atoms with Crippen molar-refractivity contribution in [3.8, 4) is 11.5 Å². The molecule has 92 valence electrons. The summed E-state index contributed by atoms with van der Waals surface area (Å²) in [6.07, 6.45) is 1.63. The number of carboxylic acids is 1. The molecule has 2 N–H and O–H groups in total. The zero-order valence-electron chi connectivity index (χ0n) is 9.36. The van der Waals surface area contributed by atoms with Crippen LogP contribution >= 0.6 is 0 Å². The molecule has 1 fully saturated rings. The molecule has 0 atom stereocenters. The van der Waals surface area contributed by atoms with Gasteiger partial charge in [-0.25, -0.2) is 4.39 Å². The van der Waals surface area contributed by atoms with Crippen LogP contribution in [0.3, 0.4) is 0 Å². The van der Waals surface area contributed by atoms with Crippen LogP contribution in [0.1, 0.15) is 24.8 Å². The SMILES string of the molecule is COc1cc(F)cc(O)c1C1(C(=O)O)CCC1. The van der Waals surface area contributed by atoms with Crippen molar-refractivity contribution in [3.63, 3.8) is 0 Å². The largest absolute Gasteiger partial charge is 0.507 e. The van der Waals surface area contributed by atoms with Crippen LogP contribution < -0.4 is 4.74 Å². The highest BCUT2D eigenvalue weighted by Crippen LogP contribution is 2.51. The van der Waals surface area contributed by atoms with Crippen LogP contribution in [0, 0.1) is 5.82 Å². The number of rotatable bonds is 3. The fourth-order valence-electron chi connectivity index (χ4n) is 2.31. The number of halogens is 1. The lowest BCUT2D eigenvalue weighted by Gasteiger charge is -2.39. The van der Waals surface area contributed by atoms with Crippen molar-refractivity contribution in [2.45, 2.75) is 24.7 Å². The molecule has 0 unspecified atom stereocenters. The molecule has 0 spiro atoms. The van der Waals surface area contributed by atoms with Crippen molar-refractivity contribution in [1.29, 1.82) is 0 Å². The summed E-state index contributed by atoms with van der Waals surface area (Å²) < 4.78 is 18.1. The number of aromatic hydroxyl groups is 1. The number of carboxylic acid groups (broad SMARTS) is 1. The Hall–Kier alpha value is -1.78. The normalized spacial score (nSPS) is 17.3. The summed E-state index contributed by atoms with van der Waals surface area (Å²) >= 11 is 0. The Balaban J connectivity index is 2.61. The molecule has 1 aromatic carbocycles. The molecule has 0 aromatic heterocycles. The maximum Gasteiger partial charge on any atom is 0.314 e. The first-order valence-electron chi connectivity index (χ1n) is 5.31. The number of phenolic OH excluding ortho intramolecular Hbond substituents is 1. The molecule has 0 saturated heterocycles. The van der Waals surface area contributed by atoms with Gasteiger partial charge in [-0.3, -0.25) is 4.79 Å². The molecule has 5 heteroatoms. The molecule has 1 aliphatic carbocycles. The number of phenols is 1. The molecule has 0 amide bonds. The molecule has 0 aliphatic heterocycles. The van der Waals surface area contributed by atoms with Gasteiger partial charge < -0.3 is 14.9 Å². The van der Waals surface area contributed by atoms with E-state index in [1.807, 2.05) is 0 Å². The Morgan fingerprint density at radius 1 is 1.47 bits per heavy atom. The number of benzene rings is 1. The third-order valence-electron chi connectivity index (χ3n) is 3.36. The molecular weight excluding hydrogens is 227 g/mol. The van der Waals surface area contributed by atoms with Crippen LogP contribution in [0.25, 0.3) is 0 Å². The minimum Gasteiger partial charge on any atom is -0.507 e. The molecule has 0 bridgehead atoms. The zero-order valence-corrected chi connectivity index (χ0v) is 9.36. The Kier molecular flexibility index (Phi) is 2.69. The highest BCUT2D eigenvalue weighted by atomic mass is 19.1. The van der Waals surface area contributed by atoms with E-state index >= 15 is 0 Å². The first-order chi connectivity index (χ1) is 8.01. The zero-order chi connectivity index (χ0) is 12.6. The minimum absolute atomic E-state index is 0.0876. The lowest BCUT2D eigenvalue weighted by atomic mass is 9.64. The van der Waals surface area contributed by atoms with E-state index in [-0.39, 0.29) is 17.1 Å². The van der Waals surface area contributed by atoms with Gasteiger partial charge in [0.2, 0.25) is 0 Å². The summed E-state index contributed by atoms with van der Waals surface area (Å²) in [5.41, 5.74) is -0.955. The molecular formula is C12H13FO4. The third-order valence-corrected chi connectivity index (χ3v) is 3.36. The van der Waals surface area contributed by atoms with Gasteiger partial charge in [0, 0.05) is 12.1 Å². The van der Waals surface area contributed by atoms with Gasteiger partial charge in [0.15, 0.2) is 0 Å². The topological polar surface area (TPSA) is 66.8 Å². The number of methoxy groups -OCH3 is 1. The van der Waals surface area contributed by atoms with Crippen LogP contribution in [-0.4, -0.2) is 23.3 Å². The summed E-state index contributed by atoms with van der Waals surface area (Å²) in [4.78, 5) is 11.3. The first-order valence-corrected chi connectivity index (χ1v) is 5.31. The second-order valence-electron chi connectivity index (χ2n) is 4.24. The third kappa shape index (κ3) is 1.62. The Morgan fingerprint density at radius 2 is 2.12 bits per heavy atom. The molecule has 4 nitrogen and oxygen atoms in total. The number of hydrogen-bond acceptors (Lipinski definition) is 3. The van der Waals surface area contributed by atoms with E-state index in [0.717, 1.165) is 18.6 Å². The summed E-state index contributed by atoms with van der Waals surface area (Å²) in [6.45, 7) is 0. The van der Waals surface area contributed by atoms with E-state index in [1.165, 1.54) is 7.11 Å². The number of ether oxygens (including phenoxy) is 1. The standard InChI is InChI=1S/C12H13FO4/c1-17-9-6-7(13)5-8(14)10(9)12(11(15)16)3-2-4-12/h5-6,14H,2-4H2,1H3,(H,15,16). The predicted molar refractivity (Wildman–Crippen MR) is 57.8 cm³/mol. The second kappa shape index (κ2) is 3.91. The van der Waals surface area contributed by atoms with Crippen molar-refractivity contribution in [3.05, 3.63) is 23.5 Å². The van der Waals surface area contributed by atoms with Crippen molar-refractivity contribution in [2.75, 3.05) is 7.11 Å². The van der Waals surface area contributed by atoms with E-state index in [9.17, 15) is 19.4 Å². The van der Waals surface area contributed by atoms with Crippen LogP contribution in [-0.2, 0) is 10.2 Å². The van der Waals surface area contributed by atoms with Gasteiger partial charge in [-0.2, -0.15) is 0 Å². The molecule has 0 radical (unpaired) electrons. The average Bonchev–Trinajstić information content (AvgIpc) is 2.18. The molecule has 2 rings (SSSR count). The highest BCUT2D eigenvalue weighted by Gasteiger charge is 2.49. The lowest BCUT2D eigenvalue weighted by molar-refractivity contribution is -0.147. The number of hydrogen-bond donors (Lipinski definition) is 2. The van der Waals surface area contributed by atoms with E-state index < -0.39 is 17.2 Å². The van der Waals surface area contributed by atoms with Crippen LogP contribution in [0.15, 0.2) is 12.1 Å². The molecule has 1 aliphatic rings. The number of carbonyl (C=O) groups is 1. The molecule has 17 heavy (non-hydrogen) atoms. The fraction of sp³-hybridized carbons (Fsp3) is 0.417. The first kappa shape index (κ1) is 11.7. The second-order valence-corrected chi connectivity index (χ2v) is 4.24. The average molecular weight is 240 g/mol. The smallest absolute Gasteiger partial charge is 0.314 e. The van der Waals surface area contributed by atoms with Crippen molar-refractivity contribution < 1.29 is 24.1 Å². The quantitative estimate of drug-likeness (QED) is 0.848. The van der Waals surface area contributed by atoms with Gasteiger partial charge in [-0.05, 0) is 12.8 Å². The van der Waals surface area contributed by atoms with Crippen molar-refractivity contribution in [1.82, 2.24) is 0 Å². The molecule has 1 aromatic rings. The Labute approximate surface area is 97.6 Å². The maximum absolute atomic E-state index is 13.1. The lowest BCUT2D eigenvalue weighted by Crippen LogP contribution is -2.42. The summed E-state index contributed by atoms with van der Waals surface area (Å²) in [5.74, 6) is -1.93. The fourth-order valence-corrected chi connectivity index (χ4v) is 2.31. The minimum atomic E-state index is -1.14. The Morgan fingerprint density at radius 3 is 2.53 bits per heavy atom. The Bertz CT molecular complexity index is 466. The summed E-state index contributed by atoms with van der Waals surface area (Å²) in [7, 11) is 1.33. The van der Waals surface area contributed by atoms with E-state index in [2.05, 4.69) is 0 Å². The molecule has 0 heterocycles. The predicted octanol–water partition coefficient (Wildman–Crippen LogP) is 2.05. The van der Waals surface area contributed by atoms with Crippen LogP contribution in [0.5, 0.6) is 11.5 Å². The highest BCUT2D eigenvalue weighted by molar-refractivity contribution is 5.85. The van der Waals surface area contributed by atoms with Gasteiger partial charge in [-0.15, -0.1) is 0 Å². The monoisotopic (exact) mass is 240 g/mol. The van der Waals surface area contributed by atoms with Gasteiger partial charge in [0.1, 0.15) is 17.3 Å². The molecule has 1 saturated carbocycles. The van der Waals surface area contributed by atoms with Gasteiger partial charge in [0.25, 0.3) is 0 Å². The van der Waals surface area contributed by atoms with E-state index in [4.69, 9.17) is 4.74 Å². The number of aliphatic carboxylic acids is 1. The van der Waals surface area contributed by atoms with Crippen molar-refractivity contribution in [2.24, 2.45) is 0 Å². The summed E-state index contributed by atoms with van der Waals surface area (Å²) in [5, 5.41) is 19.1. The van der Waals surface area contributed by atoms with E-state index in [1.54, 1.807) is 0 Å². The van der Waals surface area contributed by atoms with Crippen LogP contribution in [0.4, 0.5) is 4.39 Å². The van der Waals surface area contributed by atoms with Gasteiger partial charge in [-0.1, -0.05) is 6.42 Å². The van der Waals surface area contributed by atoms with E-state index in [0.29, 0.717) is 12.8 Å². The van der Waals surface area contributed by atoms with Gasteiger partial charge >= 0.3 is 5.97 Å².